The van der Waals surface area contributed by atoms with E-state index in [2.05, 4.69) is 15.5 Å². The molecule has 1 aromatic heterocycles. The first kappa shape index (κ1) is 9.98. The third-order valence-electron chi connectivity index (χ3n) is 1.42. The number of nitrogens with zero attached hydrogens (tertiary/aromatic N) is 2. The molecule has 1 heterocycles. The van der Waals surface area contributed by atoms with E-state index in [0.29, 0.717) is 18.2 Å². The Bertz CT molecular complexity index is 287. The molecule has 1 amide bonds. The van der Waals surface area contributed by atoms with Gasteiger partial charge in [-0.25, -0.2) is 0 Å². The molecule has 1 aromatic rings. The van der Waals surface area contributed by atoms with Crippen molar-refractivity contribution in [2.75, 3.05) is 12.9 Å². The quantitative estimate of drug-likeness (QED) is 0.728. The zero-order valence-electron chi connectivity index (χ0n) is 7.21. The van der Waals surface area contributed by atoms with E-state index >= 15 is 0 Å². The minimum atomic E-state index is -0.346. The van der Waals surface area contributed by atoms with Crippen molar-refractivity contribution >= 4 is 17.5 Å². The lowest BCUT2D eigenvalue weighted by atomic mass is 10.3. The normalized spacial score (nSPS) is 10.0. The minimum absolute atomic E-state index is 0.0621. The third kappa shape index (κ3) is 2.69. The number of rotatable bonds is 4. The van der Waals surface area contributed by atoms with E-state index in [-0.39, 0.29) is 11.7 Å². The highest BCUT2D eigenvalue weighted by molar-refractivity contribution is 6.17. The molecule has 0 aliphatic heterocycles. The van der Waals surface area contributed by atoms with Crippen LogP contribution in [-0.4, -0.2) is 29.0 Å². The van der Waals surface area contributed by atoms with E-state index in [4.69, 9.17) is 16.1 Å². The zero-order chi connectivity index (χ0) is 9.68. The van der Waals surface area contributed by atoms with Crippen molar-refractivity contribution in [3.63, 3.8) is 0 Å². The van der Waals surface area contributed by atoms with E-state index in [1.807, 2.05) is 0 Å². The molecule has 0 unspecified atom stereocenters. The van der Waals surface area contributed by atoms with Gasteiger partial charge in [0.2, 0.25) is 5.89 Å². The molecule has 0 fully saturated rings. The van der Waals surface area contributed by atoms with Crippen molar-refractivity contribution in [3.05, 3.63) is 11.7 Å². The molecule has 0 saturated heterocycles. The number of alkyl halides is 1. The van der Waals surface area contributed by atoms with Gasteiger partial charge in [-0.05, 0) is 6.42 Å². The monoisotopic (exact) mass is 203 g/mol. The Hall–Kier alpha value is -1.10. The molecule has 0 aromatic carbocycles. The van der Waals surface area contributed by atoms with Gasteiger partial charge in [-0.3, -0.25) is 4.79 Å². The summed E-state index contributed by atoms with van der Waals surface area (Å²) in [5.74, 6) is 0.699. The molecule has 0 aliphatic rings. The van der Waals surface area contributed by atoms with Crippen molar-refractivity contribution in [2.45, 2.75) is 12.8 Å². The van der Waals surface area contributed by atoms with E-state index in [0.717, 1.165) is 6.42 Å². The van der Waals surface area contributed by atoms with Crippen LogP contribution in [-0.2, 0) is 6.42 Å². The van der Waals surface area contributed by atoms with Crippen LogP contribution in [0.2, 0.25) is 0 Å². The molecule has 72 valence electrons. The van der Waals surface area contributed by atoms with Crippen LogP contribution in [0.5, 0.6) is 0 Å². The number of aromatic nitrogens is 2. The Balaban J connectivity index is 2.58. The average molecular weight is 204 g/mol. The highest BCUT2D eigenvalue weighted by Crippen LogP contribution is 2.01. The first-order chi connectivity index (χ1) is 6.27. The van der Waals surface area contributed by atoms with Crippen molar-refractivity contribution < 1.29 is 9.32 Å². The number of amides is 1. The van der Waals surface area contributed by atoms with Crippen LogP contribution < -0.4 is 5.32 Å². The second-order valence-electron chi connectivity index (χ2n) is 2.38. The Kier molecular flexibility index (Phi) is 3.70. The maximum atomic E-state index is 11.0. The lowest BCUT2D eigenvalue weighted by Gasteiger charge is -1.88. The Morgan fingerprint density at radius 3 is 3.08 bits per heavy atom. The fourth-order valence-corrected chi connectivity index (χ4v) is 0.912. The number of halogens is 1. The molecule has 0 saturated carbocycles. The number of hydrogen-bond donors (Lipinski definition) is 1. The summed E-state index contributed by atoms with van der Waals surface area (Å²) in [6.07, 6.45) is 1.37. The summed E-state index contributed by atoms with van der Waals surface area (Å²) in [7, 11) is 1.51. The van der Waals surface area contributed by atoms with E-state index < -0.39 is 0 Å². The van der Waals surface area contributed by atoms with Crippen LogP contribution in [0.4, 0.5) is 0 Å². The predicted octanol–water partition coefficient (Wildman–Crippen LogP) is 0.601. The van der Waals surface area contributed by atoms with Crippen LogP contribution >= 0.6 is 11.6 Å². The summed E-state index contributed by atoms with van der Waals surface area (Å²) >= 11 is 5.48. The molecule has 0 spiro atoms. The number of nitrogens with one attached hydrogen (secondary N) is 1. The van der Waals surface area contributed by atoms with Crippen LogP contribution in [0.1, 0.15) is 22.9 Å². The van der Waals surface area contributed by atoms with Crippen molar-refractivity contribution in [1.29, 1.82) is 0 Å². The van der Waals surface area contributed by atoms with Crippen molar-refractivity contribution in [1.82, 2.24) is 15.5 Å². The SMILES string of the molecule is CNC(=O)c1noc(CCCCl)n1. The first-order valence-corrected chi connectivity index (χ1v) is 4.42. The number of carbonyl (C=O) groups is 1. The van der Waals surface area contributed by atoms with Gasteiger partial charge >= 0.3 is 0 Å². The summed E-state index contributed by atoms with van der Waals surface area (Å²) in [5.41, 5.74) is 0. The van der Waals surface area contributed by atoms with Gasteiger partial charge in [-0.2, -0.15) is 4.98 Å². The smallest absolute Gasteiger partial charge is 0.292 e. The van der Waals surface area contributed by atoms with Gasteiger partial charge in [0.25, 0.3) is 11.7 Å². The average Bonchev–Trinajstić information content (AvgIpc) is 2.62. The third-order valence-corrected chi connectivity index (χ3v) is 1.69. The lowest BCUT2D eigenvalue weighted by Crippen LogP contribution is -2.19. The van der Waals surface area contributed by atoms with Crippen molar-refractivity contribution in [2.24, 2.45) is 0 Å². The summed E-state index contributed by atoms with van der Waals surface area (Å²) in [6, 6.07) is 0. The van der Waals surface area contributed by atoms with Gasteiger partial charge in [0.1, 0.15) is 0 Å². The minimum Gasteiger partial charge on any atom is -0.352 e. The standard InChI is InChI=1S/C7H10ClN3O2/c1-9-7(12)6-10-5(13-11-6)3-2-4-8/h2-4H2,1H3,(H,9,12). The topological polar surface area (TPSA) is 68.0 Å². The van der Waals surface area contributed by atoms with Gasteiger partial charge < -0.3 is 9.84 Å². The zero-order valence-corrected chi connectivity index (χ0v) is 7.97. The largest absolute Gasteiger partial charge is 0.352 e. The van der Waals surface area contributed by atoms with E-state index in [1.54, 1.807) is 0 Å². The molecule has 0 bridgehead atoms. The van der Waals surface area contributed by atoms with Gasteiger partial charge in [-0.1, -0.05) is 5.16 Å². The summed E-state index contributed by atoms with van der Waals surface area (Å²) < 4.78 is 4.81. The van der Waals surface area contributed by atoms with E-state index in [9.17, 15) is 4.79 Å². The molecule has 0 atom stereocenters. The molecular weight excluding hydrogens is 194 g/mol. The maximum Gasteiger partial charge on any atom is 0.292 e. The van der Waals surface area contributed by atoms with Crippen molar-refractivity contribution in [3.8, 4) is 0 Å². The van der Waals surface area contributed by atoms with Gasteiger partial charge in [0.15, 0.2) is 0 Å². The Morgan fingerprint density at radius 1 is 1.69 bits per heavy atom. The molecular formula is C7H10ClN3O2. The van der Waals surface area contributed by atoms with E-state index in [1.165, 1.54) is 7.05 Å². The maximum absolute atomic E-state index is 11.0. The van der Waals surface area contributed by atoms with Crippen LogP contribution in [0, 0.1) is 0 Å². The molecule has 0 radical (unpaired) electrons. The van der Waals surface area contributed by atoms with Gasteiger partial charge in [-0.15, -0.1) is 11.6 Å². The second kappa shape index (κ2) is 4.81. The van der Waals surface area contributed by atoms with Gasteiger partial charge in [0, 0.05) is 19.3 Å². The number of hydrogen-bond acceptors (Lipinski definition) is 4. The van der Waals surface area contributed by atoms with Crippen LogP contribution in [0.15, 0.2) is 4.52 Å². The second-order valence-corrected chi connectivity index (χ2v) is 2.76. The van der Waals surface area contributed by atoms with Crippen LogP contribution in [0.3, 0.4) is 0 Å². The summed E-state index contributed by atoms with van der Waals surface area (Å²) in [6.45, 7) is 0. The highest BCUT2D eigenvalue weighted by Gasteiger charge is 2.11. The number of carbonyl (C=O) groups excluding carboxylic acids is 1. The first-order valence-electron chi connectivity index (χ1n) is 3.88. The summed E-state index contributed by atoms with van der Waals surface area (Å²) in [4.78, 5) is 14.8. The molecule has 5 nitrogen and oxygen atoms in total. The molecule has 0 aliphatic carbocycles. The Morgan fingerprint density at radius 2 is 2.46 bits per heavy atom. The fourth-order valence-electron chi connectivity index (χ4n) is 0.778. The highest BCUT2D eigenvalue weighted by atomic mass is 35.5. The molecule has 13 heavy (non-hydrogen) atoms. The number of aryl methyl sites for hydroxylation is 1. The molecule has 6 heteroatoms. The predicted molar refractivity (Wildman–Crippen MR) is 46.7 cm³/mol. The summed E-state index contributed by atoms with van der Waals surface area (Å²) in [5, 5.41) is 5.90. The van der Waals surface area contributed by atoms with Crippen LogP contribution in [0.25, 0.3) is 0 Å². The molecule has 1 rings (SSSR count). The lowest BCUT2D eigenvalue weighted by molar-refractivity contribution is 0.0950. The Labute approximate surface area is 80.5 Å². The fraction of sp³-hybridized carbons (Fsp3) is 0.571. The van der Waals surface area contributed by atoms with Gasteiger partial charge in [0.05, 0.1) is 0 Å². The molecule has 1 N–H and O–H groups in total.